The number of carbonyl (C=O) groups excluding carboxylic acids is 2. The average molecular weight is 533 g/mol. The van der Waals surface area contributed by atoms with E-state index in [1.54, 1.807) is 29.3 Å². The molecule has 2 aromatic carbocycles. The van der Waals surface area contributed by atoms with Gasteiger partial charge >= 0.3 is 0 Å². The molecule has 1 aromatic heterocycles. The van der Waals surface area contributed by atoms with Crippen LogP contribution >= 0.6 is 0 Å². The van der Waals surface area contributed by atoms with Crippen molar-refractivity contribution in [2.24, 2.45) is 5.73 Å². The van der Waals surface area contributed by atoms with Crippen LogP contribution in [0.5, 0.6) is 11.5 Å². The molecule has 1 saturated heterocycles. The molecule has 3 aromatic rings. The Morgan fingerprint density at radius 1 is 1.03 bits per heavy atom. The number of H-pyrrole nitrogens is 1. The molecule has 39 heavy (non-hydrogen) atoms. The lowest BCUT2D eigenvalue weighted by atomic mass is 10.1. The van der Waals surface area contributed by atoms with Crippen LogP contribution in [0.25, 0.3) is 0 Å². The molecular weight excluding hydrogens is 500 g/mol. The van der Waals surface area contributed by atoms with Gasteiger partial charge in [-0.3, -0.25) is 30.3 Å². The van der Waals surface area contributed by atoms with Crippen LogP contribution in [0.1, 0.15) is 28.4 Å². The first kappa shape index (κ1) is 26.2. The van der Waals surface area contributed by atoms with Gasteiger partial charge in [-0.1, -0.05) is 30.3 Å². The number of hydrogen-bond acceptors (Lipinski definition) is 8. The van der Waals surface area contributed by atoms with Crippen molar-refractivity contribution in [1.82, 2.24) is 30.6 Å². The SMILES string of the molecule is N=C(N)c1ccc(CNC(C(=O)NCC(=O)N2CCN(Cc3ccc4c(c3)OCO4)CC2)c2ccn[nH]2)cc1. The van der Waals surface area contributed by atoms with Crippen molar-refractivity contribution < 1.29 is 19.1 Å². The van der Waals surface area contributed by atoms with E-state index in [1.165, 1.54) is 0 Å². The molecule has 1 atom stereocenters. The fourth-order valence-corrected chi connectivity index (χ4v) is 4.62. The molecule has 2 amide bonds. The molecule has 1 fully saturated rings. The van der Waals surface area contributed by atoms with Crippen molar-refractivity contribution in [1.29, 1.82) is 5.41 Å². The number of aromatic amines is 1. The lowest BCUT2D eigenvalue weighted by Crippen LogP contribution is -2.51. The second-order valence-electron chi connectivity index (χ2n) is 9.50. The van der Waals surface area contributed by atoms with Gasteiger partial charge in [0.2, 0.25) is 18.6 Å². The van der Waals surface area contributed by atoms with E-state index in [-0.39, 0.29) is 31.0 Å². The van der Waals surface area contributed by atoms with Gasteiger partial charge in [-0.05, 0) is 29.3 Å². The summed E-state index contributed by atoms with van der Waals surface area (Å²) in [6.45, 7) is 4.02. The molecule has 2 aliphatic rings. The summed E-state index contributed by atoms with van der Waals surface area (Å²) in [7, 11) is 0. The van der Waals surface area contributed by atoms with Crippen LogP contribution in [0.4, 0.5) is 0 Å². The third-order valence-electron chi connectivity index (χ3n) is 6.85. The van der Waals surface area contributed by atoms with E-state index in [2.05, 4.69) is 25.7 Å². The third-order valence-corrected chi connectivity index (χ3v) is 6.85. The van der Waals surface area contributed by atoms with Crippen molar-refractivity contribution in [3.63, 3.8) is 0 Å². The Bertz CT molecular complexity index is 1300. The Labute approximate surface area is 226 Å². The summed E-state index contributed by atoms with van der Waals surface area (Å²) in [6, 6.07) is 14.2. The van der Waals surface area contributed by atoms with Gasteiger partial charge in [0.05, 0.1) is 12.2 Å². The quantitative estimate of drug-likeness (QED) is 0.188. The summed E-state index contributed by atoms with van der Waals surface area (Å²) in [6.07, 6.45) is 1.58. The highest BCUT2D eigenvalue weighted by atomic mass is 16.7. The highest BCUT2D eigenvalue weighted by Crippen LogP contribution is 2.32. The van der Waals surface area contributed by atoms with Crippen LogP contribution < -0.4 is 25.8 Å². The molecule has 0 spiro atoms. The van der Waals surface area contributed by atoms with Crippen molar-refractivity contribution in [2.45, 2.75) is 19.1 Å². The predicted octanol–water partition coefficient (Wildman–Crippen LogP) is 0.714. The van der Waals surface area contributed by atoms with E-state index in [4.69, 9.17) is 20.6 Å². The van der Waals surface area contributed by atoms with Crippen LogP contribution in [0.3, 0.4) is 0 Å². The topological polar surface area (TPSA) is 162 Å². The molecule has 1 unspecified atom stereocenters. The minimum absolute atomic E-state index is 0.00000580. The van der Waals surface area contributed by atoms with Gasteiger partial charge in [-0.15, -0.1) is 0 Å². The number of hydrogen-bond donors (Lipinski definition) is 5. The standard InChI is InChI=1S/C27H32N8O4/c28-26(29)20-4-1-18(2-5-20)14-30-25(21-7-8-32-33-21)27(37)31-15-24(36)35-11-9-34(10-12-35)16-19-3-6-22-23(13-19)39-17-38-22/h1-8,13,25,30H,9-12,14-17H2,(H3,28,29)(H,31,37)(H,32,33). The van der Waals surface area contributed by atoms with E-state index < -0.39 is 6.04 Å². The number of carbonyl (C=O) groups is 2. The number of nitrogens with one attached hydrogen (secondary N) is 4. The van der Waals surface area contributed by atoms with E-state index in [0.29, 0.717) is 30.9 Å². The Kier molecular flexibility index (Phi) is 8.04. The Morgan fingerprint density at radius 3 is 2.49 bits per heavy atom. The number of amidine groups is 1. The number of piperazine rings is 1. The highest BCUT2D eigenvalue weighted by Gasteiger charge is 2.25. The number of rotatable bonds is 10. The predicted molar refractivity (Wildman–Crippen MR) is 143 cm³/mol. The number of nitrogen functional groups attached to an aromatic ring is 1. The summed E-state index contributed by atoms with van der Waals surface area (Å²) < 4.78 is 10.8. The fourth-order valence-electron chi connectivity index (χ4n) is 4.62. The van der Waals surface area contributed by atoms with Crippen molar-refractivity contribution >= 4 is 17.6 Å². The molecule has 3 heterocycles. The second kappa shape index (κ2) is 12.0. The van der Waals surface area contributed by atoms with Gasteiger partial charge in [-0.25, -0.2) is 0 Å². The van der Waals surface area contributed by atoms with E-state index in [0.717, 1.165) is 42.3 Å². The monoisotopic (exact) mass is 532 g/mol. The van der Waals surface area contributed by atoms with Crippen LogP contribution in [0.2, 0.25) is 0 Å². The second-order valence-corrected chi connectivity index (χ2v) is 9.50. The lowest BCUT2D eigenvalue weighted by molar-refractivity contribution is -0.134. The maximum Gasteiger partial charge on any atom is 0.243 e. The summed E-state index contributed by atoms with van der Waals surface area (Å²) in [5.74, 6) is 1.10. The van der Waals surface area contributed by atoms with Gasteiger partial charge in [-0.2, -0.15) is 5.10 Å². The number of nitrogens with zero attached hydrogens (tertiary/aromatic N) is 3. The third kappa shape index (κ3) is 6.54. The Hall–Kier alpha value is -4.42. The van der Waals surface area contributed by atoms with E-state index in [1.807, 2.05) is 30.3 Å². The number of benzene rings is 2. The lowest BCUT2D eigenvalue weighted by Gasteiger charge is -2.35. The summed E-state index contributed by atoms with van der Waals surface area (Å²) in [5.41, 5.74) is 8.81. The summed E-state index contributed by atoms with van der Waals surface area (Å²) in [4.78, 5) is 30.0. The number of nitrogens with two attached hydrogens (primary N) is 1. The molecule has 0 saturated carbocycles. The summed E-state index contributed by atoms with van der Waals surface area (Å²) >= 11 is 0. The molecule has 6 N–H and O–H groups in total. The first-order valence-electron chi connectivity index (χ1n) is 12.8. The van der Waals surface area contributed by atoms with Crippen LogP contribution in [-0.2, 0) is 22.7 Å². The molecule has 204 valence electrons. The zero-order valence-corrected chi connectivity index (χ0v) is 21.5. The maximum atomic E-state index is 13.1. The van der Waals surface area contributed by atoms with Crippen molar-refractivity contribution in [3.8, 4) is 11.5 Å². The molecular formula is C27H32N8O4. The van der Waals surface area contributed by atoms with Crippen molar-refractivity contribution in [3.05, 3.63) is 77.1 Å². The minimum atomic E-state index is -0.716. The molecule has 12 heteroatoms. The van der Waals surface area contributed by atoms with Gasteiger partial charge in [0.1, 0.15) is 11.9 Å². The number of aromatic nitrogens is 2. The first-order valence-corrected chi connectivity index (χ1v) is 12.8. The van der Waals surface area contributed by atoms with Gasteiger partial charge in [0, 0.05) is 51.0 Å². The normalized spacial score (nSPS) is 15.6. The highest BCUT2D eigenvalue weighted by molar-refractivity contribution is 5.94. The Morgan fingerprint density at radius 2 is 1.77 bits per heavy atom. The van der Waals surface area contributed by atoms with Crippen LogP contribution in [0, 0.1) is 5.41 Å². The van der Waals surface area contributed by atoms with Crippen LogP contribution in [0.15, 0.2) is 54.7 Å². The first-order chi connectivity index (χ1) is 19.0. The molecule has 0 bridgehead atoms. The largest absolute Gasteiger partial charge is 0.454 e. The zero-order chi connectivity index (χ0) is 27.2. The van der Waals surface area contributed by atoms with Gasteiger partial charge < -0.3 is 25.4 Å². The van der Waals surface area contributed by atoms with Crippen molar-refractivity contribution in [2.75, 3.05) is 39.5 Å². The molecule has 12 nitrogen and oxygen atoms in total. The van der Waals surface area contributed by atoms with Gasteiger partial charge in [0.25, 0.3) is 0 Å². The minimum Gasteiger partial charge on any atom is -0.454 e. The van der Waals surface area contributed by atoms with E-state index >= 15 is 0 Å². The summed E-state index contributed by atoms with van der Waals surface area (Å²) in [5, 5.41) is 20.3. The number of amides is 2. The number of fused-ring (bicyclic) bond motifs is 1. The molecule has 0 radical (unpaired) electrons. The Balaban J connectivity index is 1.09. The van der Waals surface area contributed by atoms with E-state index in [9.17, 15) is 9.59 Å². The van der Waals surface area contributed by atoms with Crippen LogP contribution in [-0.4, -0.2) is 77.2 Å². The molecule has 5 rings (SSSR count). The molecule has 0 aliphatic carbocycles. The average Bonchev–Trinajstić information content (AvgIpc) is 3.65. The number of ether oxygens (including phenoxy) is 2. The fraction of sp³-hybridized carbons (Fsp3) is 0.333. The smallest absolute Gasteiger partial charge is 0.243 e. The zero-order valence-electron chi connectivity index (χ0n) is 21.5. The molecule has 2 aliphatic heterocycles. The maximum absolute atomic E-state index is 13.1. The van der Waals surface area contributed by atoms with Gasteiger partial charge in [0.15, 0.2) is 11.5 Å².